The molecule has 2 saturated heterocycles. The highest BCUT2D eigenvalue weighted by molar-refractivity contribution is 5.95. The number of amidine groups is 1. The van der Waals surface area contributed by atoms with Gasteiger partial charge in [-0.3, -0.25) is 24.8 Å². The summed E-state index contributed by atoms with van der Waals surface area (Å²) in [5.74, 6) is -4.15. The van der Waals surface area contributed by atoms with Gasteiger partial charge in [0.1, 0.15) is 5.84 Å². The maximum atomic E-state index is 12.4. The van der Waals surface area contributed by atoms with Crippen LogP contribution in [0.4, 0.5) is 18.9 Å². The van der Waals surface area contributed by atoms with E-state index in [0.29, 0.717) is 31.5 Å². The molecule has 10 nitrogen and oxygen atoms in total. The Kier molecular flexibility index (Phi) is 9.49. The number of alkyl halides is 3. The zero-order valence-electron chi connectivity index (χ0n) is 20.6. The molecule has 0 bridgehead atoms. The predicted octanol–water partition coefficient (Wildman–Crippen LogP) is 1.37. The third-order valence-electron chi connectivity index (χ3n) is 6.84. The van der Waals surface area contributed by atoms with Crippen LogP contribution in [0.25, 0.3) is 0 Å². The zero-order valence-corrected chi connectivity index (χ0v) is 20.6. The van der Waals surface area contributed by atoms with Crippen molar-refractivity contribution in [1.82, 2.24) is 9.80 Å². The number of esters is 3. The molecule has 37 heavy (non-hydrogen) atoms. The maximum absolute atomic E-state index is 12.4. The molecule has 0 amide bonds. The summed E-state index contributed by atoms with van der Waals surface area (Å²) in [5, 5.41) is 7.53. The number of ether oxygens (including phenoxy) is 2. The number of nitrogens with zero attached hydrogens (tertiary/aromatic N) is 3. The van der Waals surface area contributed by atoms with Crippen molar-refractivity contribution in [3.63, 3.8) is 0 Å². The molecule has 0 spiro atoms. The average Bonchev–Trinajstić information content (AvgIpc) is 2.87. The summed E-state index contributed by atoms with van der Waals surface area (Å²) in [4.78, 5) is 40.9. The molecule has 0 saturated carbocycles. The van der Waals surface area contributed by atoms with Gasteiger partial charge in [0.25, 0.3) is 0 Å². The number of benzene rings is 1. The Hall–Kier alpha value is -3.19. The van der Waals surface area contributed by atoms with Crippen LogP contribution in [0.1, 0.15) is 24.8 Å². The van der Waals surface area contributed by atoms with Crippen LogP contribution in [-0.4, -0.2) is 98.7 Å². The van der Waals surface area contributed by atoms with Crippen molar-refractivity contribution < 1.29 is 37.0 Å². The fourth-order valence-corrected chi connectivity index (χ4v) is 4.95. The minimum Gasteiger partial charge on any atom is -0.469 e. The van der Waals surface area contributed by atoms with Gasteiger partial charge < -0.3 is 20.1 Å². The maximum Gasteiger partial charge on any atom is 0.491 e. The van der Waals surface area contributed by atoms with E-state index >= 15 is 0 Å². The molecule has 13 heteroatoms. The number of carbonyl (C=O) groups is 3. The van der Waals surface area contributed by atoms with Crippen LogP contribution in [-0.2, 0) is 23.9 Å². The number of carbonyl (C=O) groups excluding carboxylic acids is 3. The van der Waals surface area contributed by atoms with Crippen LogP contribution in [0, 0.1) is 11.3 Å². The summed E-state index contributed by atoms with van der Waals surface area (Å²) in [6.07, 6.45) is -3.90. The number of nitrogen functional groups attached to an aromatic ring is 1. The molecule has 3 rings (SSSR count). The molecular formula is C24H32F3N5O5. The molecule has 2 aliphatic heterocycles. The number of nitrogens with two attached hydrogens (primary N) is 1. The van der Waals surface area contributed by atoms with Gasteiger partial charge in [0, 0.05) is 63.0 Å². The number of rotatable bonds is 8. The number of halogens is 3. The predicted molar refractivity (Wildman–Crippen MR) is 128 cm³/mol. The van der Waals surface area contributed by atoms with E-state index in [1.54, 1.807) is 4.90 Å². The van der Waals surface area contributed by atoms with E-state index in [-0.39, 0.29) is 30.2 Å². The Labute approximate surface area is 213 Å². The van der Waals surface area contributed by atoms with Crippen LogP contribution in [0.3, 0.4) is 0 Å². The molecule has 204 valence electrons. The topological polar surface area (TPSA) is 129 Å². The number of hydrogen-bond donors (Lipinski definition) is 2. The van der Waals surface area contributed by atoms with Crippen molar-refractivity contribution in [1.29, 1.82) is 5.41 Å². The number of piperidine rings is 1. The van der Waals surface area contributed by atoms with Gasteiger partial charge in [0.15, 0.2) is 0 Å². The number of piperazine rings is 1. The van der Waals surface area contributed by atoms with Gasteiger partial charge in [-0.2, -0.15) is 13.2 Å². The first-order valence-electron chi connectivity index (χ1n) is 12.0. The molecule has 1 aromatic carbocycles. The lowest BCUT2D eigenvalue weighted by Gasteiger charge is -2.47. The van der Waals surface area contributed by atoms with Gasteiger partial charge in [-0.15, -0.1) is 0 Å². The molecule has 2 atom stereocenters. The van der Waals surface area contributed by atoms with E-state index in [1.165, 1.54) is 7.11 Å². The van der Waals surface area contributed by atoms with Crippen molar-refractivity contribution in [3.8, 4) is 0 Å². The molecule has 2 fully saturated rings. The highest BCUT2D eigenvalue weighted by Gasteiger charge is 2.43. The molecule has 0 aliphatic carbocycles. The van der Waals surface area contributed by atoms with Gasteiger partial charge in [-0.1, -0.05) is 0 Å². The van der Waals surface area contributed by atoms with Gasteiger partial charge in [-0.05, 0) is 43.0 Å². The lowest BCUT2D eigenvalue weighted by molar-refractivity contribution is -0.202. The van der Waals surface area contributed by atoms with Gasteiger partial charge >= 0.3 is 24.1 Å². The third-order valence-corrected chi connectivity index (χ3v) is 6.84. The Morgan fingerprint density at radius 3 is 2.27 bits per heavy atom. The number of methoxy groups -OCH3 is 1. The molecule has 2 aliphatic rings. The Morgan fingerprint density at radius 2 is 1.70 bits per heavy atom. The van der Waals surface area contributed by atoms with E-state index < -0.39 is 24.7 Å². The Morgan fingerprint density at radius 1 is 1.05 bits per heavy atom. The monoisotopic (exact) mass is 527 g/mol. The normalized spacial score (nSPS) is 21.4. The standard InChI is InChI=1S/C24H32F3N5O5/c1-36-20(33)7-4-17-14-30(15-21(34)37-23(35)24(25,26)27)9-8-19(17)32-12-10-31(11-13-32)18-5-2-16(3-6-18)22(28)29/h2-3,5-6,17,19H,4,7-15H2,1H3,(H3,28,29). The Balaban J connectivity index is 1.59. The van der Waals surface area contributed by atoms with Crippen LogP contribution in [0.2, 0.25) is 0 Å². The van der Waals surface area contributed by atoms with E-state index in [2.05, 4.69) is 14.5 Å². The number of nitrogens with one attached hydrogen (secondary N) is 1. The molecule has 2 unspecified atom stereocenters. The molecule has 2 heterocycles. The first-order chi connectivity index (χ1) is 17.5. The van der Waals surface area contributed by atoms with Crippen LogP contribution >= 0.6 is 0 Å². The quantitative estimate of drug-likeness (QED) is 0.223. The van der Waals surface area contributed by atoms with Crippen LogP contribution in [0.5, 0.6) is 0 Å². The average molecular weight is 528 g/mol. The van der Waals surface area contributed by atoms with E-state index in [1.807, 2.05) is 24.3 Å². The Bertz CT molecular complexity index is 980. The first-order valence-corrected chi connectivity index (χ1v) is 12.0. The van der Waals surface area contributed by atoms with Crippen molar-refractivity contribution >= 4 is 29.4 Å². The van der Waals surface area contributed by atoms with Gasteiger partial charge in [0.2, 0.25) is 0 Å². The second-order valence-corrected chi connectivity index (χ2v) is 9.21. The van der Waals surface area contributed by atoms with Crippen molar-refractivity contribution in [2.75, 3.05) is 57.8 Å². The molecule has 0 radical (unpaired) electrons. The fourth-order valence-electron chi connectivity index (χ4n) is 4.95. The summed E-state index contributed by atoms with van der Waals surface area (Å²) in [6, 6.07) is 7.63. The highest BCUT2D eigenvalue weighted by Crippen LogP contribution is 2.28. The fraction of sp³-hybridized carbons (Fsp3) is 0.583. The van der Waals surface area contributed by atoms with Gasteiger partial charge in [0.05, 0.1) is 13.7 Å². The van der Waals surface area contributed by atoms with Crippen LogP contribution < -0.4 is 10.6 Å². The number of anilines is 1. The lowest BCUT2D eigenvalue weighted by Crippen LogP contribution is -2.57. The number of hydrogen-bond acceptors (Lipinski definition) is 9. The zero-order chi connectivity index (χ0) is 27.2. The minimum atomic E-state index is -5.23. The summed E-state index contributed by atoms with van der Waals surface area (Å²) < 4.78 is 45.9. The second-order valence-electron chi connectivity index (χ2n) is 9.21. The van der Waals surface area contributed by atoms with Gasteiger partial charge in [-0.25, -0.2) is 4.79 Å². The molecule has 0 aromatic heterocycles. The van der Waals surface area contributed by atoms with E-state index in [4.69, 9.17) is 15.9 Å². The molecular weight excluding hydrogens is 495 g/mol. The van der Waals surface area contributed by atoms with E-state index in [0.717, 1.165) is 31.9 Å². The van der Waals surface area contributed by atoms with E-state index in [9.17, 15) is 27.6 Å². The number of likely N-dealkylation sites (tertiary alicyclic amines) is 1. The molecule has 1 aromatic rings. The largest absolute Gasteiger partial charge is 0.491 e. The summed E-state index contributed by atoms with van der Waals surface area (Å²) in [5.41, 5.74) is 7.22. The summed E-state index contributed by atoms with van der Waals surface area (Å²) in [6.45, 7) is 3.48. The summed E-state index contributed by atoms with van der Waals surface area (Å²) >= 11 is 0. The van der Waals surface area contributed by atoms with Crippen molar-refractivity contribution in [2.24, 2.45) is 11.7 Å². The minimum absolute atomic E-state index is 0.0147. The van der Waals surface area contributed by atoms with Crippen LogP contribution in [0.15, 0.2) is 24.3 Å². The second kappa shape index (κ2) is 12.4. The van der Waals surface area contributed by atoms with Crippen molar-refractivity contribution in [2.45, 2.75) is 31.5 Å². The lowest BCUT2D eigenvalue weighted by atomic mass is 9.86. The summed E-state index contributed by atoms with van der Waals surface area (Å²) in [7, 11) is 1.31. The molecule has 3 N–H and O–H groups in total. The smallest absolute Gasteiger partial charge is 0.469 e. The first kappa shape index (κ1) is 28.4. The SMILES string of the molecule is COC(=O)CCC1CN(CC(=O)OC(=O)C(F)(F)F)CCC1N1CCN(c2ccc(C(=N)N)cc2)CC1. The third kappa shape index (κ3) is 7.89. The highest BCUT2D eigenvalue weighted by atomic mass is 19.4. The van der Waals surface area contributed by atoms with Crippen molar-refractivity contribution in [3.05, 3.63) is 29.8 Å².